The van der Waals surface area contributed by atoms with Crippen molar-refractivity contribution in [3.8, 4) is 0 Å². The standard InChI is InChI=1S/C13H28O5Si/c1-15-10-12-9-11(5-6-13(12)14)7-8-19(16-2,17-3)18-4/h11-14H,5-10H2,1-4H3. The molecule has 0 aromatic heterocycles. The highest BCUT2D eigenvalue weighted by atomic mass is 28.4. The summed E-state index contributed by atoms with van der Waals surface area (Å²) in [5, 5.41) is 9.94. The molecule has 1 aliphatic carbocycles. The van der Waals surface area contributed by atoms with Crippen LogP contribution in [0.4, 0.5) is 0 Å². The van der Waals surface area contributed by atoms with Crippen LogP contribution in [0.15, 0.2) is 0 Å². The van der Waals surface area contributed by atoms with E-state index in [1.807, 2.05) is 0 Å². The molecular weight excluding hydrogens is 264 g/mol. The molecule has 5 nitrogen and oxygen atoms in total. The Bertz CT molecular complexity index is 239. The van der Waals surface area contributed by atoms with Crippen molar-refractivity contribution in [2.75, 3.05) is 35.0 Å². The molecule has 3 unspecified atom stereocenters. The maximum atomic E-state index is 9.94. The van der Waals surface area contributed by atoms with Crippen molar-refractivity contribution >= 4 is 8.80 Å². The summed E-state index contributed by atoms with van der Waals surface area (Å²) in [5.74, 6) is 0.850. The second kappa shape index (κ2) is 8.34. The molecule has 1 saturated carbocycles. The van der Waals surface area contributed by atoms with E-state index in [9.17, 15) is 5.11 Å². The van der Waals surface area contributed by atoms with Crippen molar-refractivity contribution in [3.05, 3.63) is 0 Å². The zero-order valence-corrected chi connectivity index (χ0v) is 13.6. The summed E-state index contributed by atoms with van der Waals surface area (Å²) in [6, 6.07) is 0.830. The Morgan fingerprint density at radius 3 is 2.21 bits per heavy atom. The first-order chi connectivity index (χ1) is 9.10. The first-order valence-corrected chi connectivity index (χ1v) is 8.86. The minimum atomic E-state index is -2.45. The SMILES string of the molecule is COCC1CC(CC[Si](OC)(OC)OC)CCC1O. The van der Waals surface area contributed by atoms with Gasteiger partial charge in [0.15, 0.2) is 0 Å². The largest absolute Gasteiger partial charge is 0.500 e. The average Bonchev–Trinajstić information content (AvgIpc) is 2.44. The minimum Gasteiger partial charge on any atom is -0.393 e. The molecule has 6 heteroatoms. The maximum Gasteiger partial charge on any atom is 0.500 e. The highest BCUT2D eigenvalue weighted by Gasteiger charge is 2.39. The van der Waals surface area contributed by atoms with Crippen molar-refractivity contribution in [1.29, 1.82) is 0 Å². The van der Waals surface area contributed by atoms with Crippen LogP contribution in [0.5, 0.6) is 0 Å². The van der Waals surface area contributed by atoms with E-state index in [0.29, 0.717) is 12.5 Å². The van der Waals surface area contributed by atoms with Crippen LogP contribution < -0.4 is 0 Å². The molecular formula is C13H28O5Si. The monoisotopic (exact) mass is 292 g/mol. The second-order valence-corrected chi connectivity index (χ2v) is 8.39. The number of hydrogen-bond acceptors (Lipinski definition) is 5. The first-order valence-electron chi connectivity index (χ1n) is 6.93. The third-order valence-electron chi connectivity index (χ3n) is 4.22. The zero-order valence-electron chi connectivity index (χ0n) is 12.6. The number of aliphatic hydroxyl groups excluding tert-OH is 1. The lowest BCUT2D eigenvalue weighted by Crippen LogP contribution is -2.43. The van der Waals surface area contributed by atoms with Gasteiger partial charge in [0.05, 0.1) is 12.7 Å². The van der Waals surface area contributed by atoms with Crippen LogP contribution in [0.25, 0.3) is 0 Å². The summed E-state index contributed by atoms with van der Waals surface area (Å²) in [7, 11) is 4.19. The number of hydrogen-bond donors (Lipinski definition) is 1. The summed E-state index contributed by atoms with van der Waals surface area (Å²) in [5.41, 5.74) is 0. The van der Waals surface area contributed by atoms with E-state index in [-0.39, 0.29) is 12.0 Å². The van der Waals surface area contributed by atoms with E-state index in [4.69, 9.17) is 18.0 Å². The lowest BCUT2D eigenvalue weighted by molar-refractivity contribution is 0.00300. The highest BCUT2D eigenvalue weighted by molar-refractivity contribution is 6.60. The quantitative estimate of drug-likeness (QED) is 0.690. The number of ether oxygens (including phenoxy) is 1. The molecule has 19 heavy (non-hydrogen) atoms. The van der Waals surface area contributed by atoms with Crippen molar-refractivity contribution in [3.63, 3.8) is 0 Å². The van der Waals surface area contributed by atoms with Crippen molar-refractivity contribution < 1.29 is 23.1 Å². The van der Waals surface area contributed by atoms with Gasteiger partial charge in [-0.3, -0.25) is 0 Å². The lowest BCUT2D eigenvalue weighted by Gasteiger charge is -2.34. The summed E-state index contributed by atoms with van der Waals surface area (Å²) < 4.78 is 21.5. The number of rotatable bonds is 8. The van der Waals surface area contributed by atoms with E-state index < -0.39 is 8.80 Å². The maximum absolute atomic E-state index is 9.94. The predicted octanol–water partition coefficient (Wildman–Crippen LogP) is 1.68. The van der Waals surface area contributed by atoms with Crippen molar-refractivity contribution in [1.82, 2.24) is 0 Å². The van der Waals surface area contributed by atoms with Gasteiger partial charge in [0.25, 0.3) is 0 Å². The van der Waals surface area contributed by atoms with Gasteiger partial charge in [-0.25, -0.2) is 0 Å². The Hall–Kier alpha value is 0.0169. The fourth-order valence-corrected chi connectivity index (χ4v) is 4.81. The van der Waals surface area contributed by atoms with Gasteiger partial charge in [-0.1, -0.05) is 0 Å². The van der Waals surface area contributed by atoms with Crippen molar-refractivity contribution in [2.24, 2.45) is 11.8 Å². The van der Waals surface area contributed by atoms with Crippen LogP contribution in [0.2, 0.25) is 6.04 Å². The molecule has 1 N–H and O–H groups in total. The summed E-state index contributed by atoms with van der Waals surface area (Å²) in [6.45, 7) is 0.638. The third-order valence-corrected chi connectivity index (χ3v) is 6.99. The lowest BCUT2D eigenvalue weighted by atomic mass is 9.79. The summed E-state index contributed by atoms with van der Waals surface area (Å²) >= 11 is 0. The van der Waals surface area contributed by atoms with Gasteiger partial charge in [-0.05, 0) is 31.6 Å². The van der Waals surface area contributed by atoms with Gasteiger partial charge >= 0.3 is 8.80 Å². The molecule has 0 radical (unpaired) electrons. The second-order valence-electron chi connectivity index (χ2n) is 5.30. The Morgan fingerprint density at radius 1 is 1.05 bits per heavy atom. The zero-order chi connectivity index (χ0) is 14.3. The molecule has 3 atom stereocenters. The minimum absolute atomic E-state index is 0.217. The van der Waals surface area contributed by atoms with Crippen LogP contribution in [-0.4, -0.2) is 55.1 Å². The molecule has 0 aromatic carbocycles. The topological polar surface area (TPSA) is 57.2 Å². The Labute approximate surface area is 117 Å². The molecule has 0 bridgehead atoms. The van der Waals surface area contributed by atoms with Gasteiger partial charge < -0.3 is 23.1 Å². The molecule has 0 saturated heterocycles. The average molecular weight is 292 g/mol. The van der Waals surface area contributed by atoms with Crippen LogP contribution >= 0.6 is 0 Å². The Balaban J connectivity index is 2.44. The van der Waals surface area contributed by atoms with Gasteiger partial charge in [0.1, 0.15) is 0 Å². The third kappa shape index (κ3) is 4.80. The Morgan fingerprint density at radius 2 is 1.68 bits per heavy atom. The van der Waals surface area contributed by atoms with E-state index >= 15 is 0 Å². The van der Waals surface area contributed by atoms with Gasteiger partial charge in [0.2, 0.25) is 0 Å². The molecule has 0 amide bonds. The first kappa shape index (κ1) is 17.1. The van der Waals surface area contributed by atoms with E-state index in [1.165, 1.54) is 0 Å². The van der Waals surface area contributed by atoms with E-state index in [1.54, 1.807) is 28.4 Å². The normalized spacial score (nSPS) is 28.6. The van der Waals surface area contributed by atoms with Crippen LogP contribution in [0.3, 0.4) is 0 Å². The molecule has 1 fully saturated rings. The highest BCUT2D eigenvalue weighted by Crippen LogP contribution is 2.34. The van der Waals surface area contributed by atoms with Crippen LogP contribution in [0, 0.1) is 11.8 Å². The van der Waals surface area contributed by atoms with Gasteiger partial charge in [0, 0.05) is 40.4 Å². The van der Waals surface area contributed by atoms with Gasteiger partial charge in [-0.2, -0.15) is 0 Å². The molecule has 0 spiro atoms. The molecule has 1 aliphatic rings. The Kier molecular flexibility index (Phi) is 7.49. The predicted molar refractivity (Wildman–Crippen MR) is 74.9 cm³/mol. The van der Waals surface area contributed by atoms with Gasteiger partial charge in [-0.15, -0.1) is 0 Å². The molecule has 0 aromatic rings. The fourth-order valence-electron chi connectivity index (χ4n) is 2.94. The summed E-state index contributed by atoms with van der Waals surface area (Å²) in [4.78, 5) is 0. The smallest absolute Gasteiger partial charge is 0.393 e. The molecule has 0 aliphatic heterocycles. The number of aliphatic hydroxyl groups is 1. The molecule has 1 rings (SSSR count). The van der Waals surface area contributed by atoms with E-state index in [2.05, 4.69) is 0 Å². The number of methoxy groups -OCH3 is 1. The molecule has 114 valence electrons. The molecule has 0 heterocycles. The van der Waals surface area contributed by atoms with E-state index in [0.717, 1.165) is 31.7 Å². The fraction of sp³-hybridized carbons (Fsp3) is 1.00. The van der Waals surface area contributed by atoms with Crippen LogP contribution in [0.1, 0.15) is 25.7 Å². The van der Waals surface area contributed by atoms with Crippen molar-refractivity contribution in [2.45, 2.75) is 37.8 Å². The van der Waals surface area contributed by atoms with Crippen LogP contribution in [-0.2, 0) is 18.0 Å². The summed E-state index contributed by atoms with van der Waals surface area (Å²) in [6.07, 6.45) is 3.74.